The van der Waals surface area contributed by atoms with Crippen molar-refractivity contribution in [3.8, 4) is 5.75 Å². The number of esters is 1. The zero-order valence-corrected chi connectivity index (χ0v) is 19.6. The number of ketones is 2. The topological polar surface area (TPSA) is 63.7 Å². The van der Waals surface area contributed by atoms with Gasteiger partial charge in [0.1, 0.15) is 11.6 Å². The van der Waals surface area contributed by atoms with Crippen molar-refractivity contribution in [3.05, 3.63) is 86.9 Å². The lowest BCUT2D eigenvalue weighted by Gasteiger charge is -2.34. The van der Waals surface area contributed by atoms with Crippen molar-refractivity contribution in [1.82, 2.24) is 4.90 Å². The van der Waals surface area contributed by atoms with Crippen LogP contribution in [0.3, 0.4) is 0 Å². The first-order valence-corrected chi connectivity index (χ1v) is 12.2. The molecule has 34 heavy (non-hydrogen) atoms. The lowest BCUT2D eigenvalue weighted by molar-refractivity contribution is -0.132. The average Bonchev–Trinajstić information content (AvgIpc) is 3.59. The van der Waals surface area contributed by atoms with E-state index in [1.54, 1.807) is 42.5 Å². The van der Waals surface area contributed by atoms with E-state index < -0.39 is 12.0 Å². The number of fused-ring (bicyclic) bond motifs is 1. The molecule has 1 aliphatic carbocycles. The summed E-state index contributed by atoms with van der Waals surface area (Å²) in [6.45, 7) is 2.39. The first-order valence-electron chi connectivity index (χ1n) is 11.4. The fraction of sp³-hybridized carbons (Fsp3) is 0.296. The lowest BCUT2D eigenvalue weighted by Crippen LogP contribution is -2.38. The fourth-order valence-corrected chi connectivity index (χ4v) is 5.65. The quantitative estimate of drug-likeness (QED) is 0.268. The molecule has 1 saturated carbocycles. The van der Waals surface area contributed by atoms with Gasteiger partial charge in [0.05, 0.1) is 16.5 Å². The second kappa shape index (κ2) is 9.24. The molecule has 1 unspecified atom stereocenters. The lowest BCUT2D eigenvalue weighted by atomic mass is 9.95. The van der Waals surface area contributed by atoms with E-state index >= 15 is 0 Å². The van der Waals surface area contributed by atoms with E-state index in [9.17, 15) is 18.8 Å². The predicted molar refractivity (Wildman–Crippen MR) is 126 cm³/mol. The van der Waals surface area contributed by atoms with Crippen LogP contribution in [0.2, 0.25) is 0 Å². The Bertz CT molecular complexity index is 1280. The number of thiophene rings is 1. The molecule has 0 saturated heterocycles. The summed E-state index contributed by atoms with van der Waals surface area (Å²) >= 11 is 1.43. The van der Waals surface area contributed by atoms with Crippen LogP contribution in [-0.4, -0.2) is 29.0 Å². The third kappa shape index (κ3) is 4.45. The highest BCUT2D eigenvalue weighted by Gasteiger charge is 2.40. The highest BCUT2D eigenvalue weighted by atomic mass is 32.1. The number of hydrogen-bond acceptors (Lipinski definition) is 6. The third-order valence-electron chi connectivity index (χ3n) is 6.32. The largest absolute Gasteiger partial charge is 0.426 e. The summed E-state index contributed by atoms with van der Waals surface area (Å²) in [6, 6.07) is 14.4. The normalized spacial score (nSPS) is 16.5. The zero-order valence-electron chi connectivity index (χ0n) is 18.8. The van der Waals surface area contributed by atoms with E-state index in [2.05, 4.69) is 0 Å². The average molecular weight is 478 g/mol. The Hall–Kier alpha value is -3.16. The van der Waals surface area contributed by atoms with Gasteiger partial charge in [-0.15, -0.1) is 11.3 Å². The summed E-state index contributed by atoms with van der Waals surface area (Å²) in [6.07, 6.45) is 2.41. The van der Waals surface area contributed by atoms with Crippen LogP contribution in [0.25, 0.3) is 0 Å². The standard InChI is InChI=1S/C27H24FNO4S/c1-16(30)33-22-9-5-3-7-20(22)27(32)24-14-18-15-29(13-12-23(18)34-24)25(26(31)17-10-11-17)19-6-2-4-8-21(19)28/h2-9,14,17,25H,10-13,15H2,1H3. The smallest absolute Gasteiger partial charge is 0.308 e. The number of para-hydroxylation sites is 1. The molecule has 2 aliphatic rings. The Morgan fingerprint density at radius 3 is 2.56 bits per heavy atom. The molecule has 5 nitrogen and oxygen atoms in total. The number of Topliss-reactive ketones (excluding diaryl/α,β-unsaturated/α-hetero) is 1. The monoisotopic (exact) mass is 477 g/mol. The molecule has 3 aromatic rings. The first-order chi connectivity index (χ1) is 16.4. The van der Waals surface area contributed by atoms with Crippen molar-refractivity contribution in [3.63, 3.8) is 0 Å². The summed E-state index contributed by atoms with van der Waals surface area (Å²) in [4.78, 5) is 41.6. The molecule has 1 aromatic heterocycles. The molecule has 1 aliphatic heterocycles. The van der Waals surface area contributed by atoms with Crippen LogP contribution < -0.4 is 4.74 Å². The maximum absolute atomic E-state index is 14.7. The van der Waals surface area contributed by atoms with E-state index in [0.29, 0.717) is 35.5 Å². The van der Waals surface area contributed by atoms with E-state index in [0.717, 1.165) is 23.3 Å². The minimum atomic E-state index is -0.620. The molecule has 7 heteroatoms. The van der Waals surface area contributed by atoms with Gasteiger partial charge < -0.3 is 4.74 Å². The van der Waals surface area contributed by atoms with Crippen molar-refractivity contribution in [1.29, 1.82) is 0 Å². The van der Waals surface area contributed by atoms with Gasteiger partial charge in [-0.1, -0.05) is 30.3 Å². The second-order valence-electron chi connectivity index (χ2n) is 8.80. The Morgan fingerprint density at radius 2 is 1.82 bits per heavy atom. The molecule has 0 radical (unpaired) electrons. The summed E-state index contributed by atoms with van der Waals surface area (Å²) < 4.78 is 19.9. The fourth-order valence-electron chi connectivity index (χ4n) is 4.54. The Kier molecular flexibility index (Phi) is 6.15. The number of nitrogens with zero attached hydrogens (tertiary/aromatic N) is 1. The Morgan fingerprint density at radius 1 is 1.09 bits per heavy atom. The van der Waals surface area contributed by atoms with Crippen molar-refractivity contribution in [2.75, 3.05) is 6.54 Å². The zero-order chi connectivity index (χ0) is 23.8. The van der Waals surface area contributed by atoms with Crippen molar-refractivity contribution in [2.24, 2.45) is 5.92 Å². The summed E-state index contributed by atoms with van der Waals surface area (Å²) in [5.74, 6) is -0.736. The number of halogens is 1. The molecule has 0 bridgehead atoms. The van der Waals surface area contributed by atoms with Crippen LogP contribution in [0.4, 0.5) is 4.39 Å². The van der Waals surface area contributed by atoms with Crippen LogP contribution >= 0.6 is 11.3 Å². The minimum absolute atomic E-state index is 0.00314. The molecule has 1 fully saturated rings. The van der Waals surface area contributed by atoms with Gasteiger partial charge in [-0.3, -0.25) is 19.3 Å². The minimum Gasteiger partial charge on any atom is -0.426 e. The maximum atomic E-state index is 14.7. The van der Waals surface area contributed by atoms with Crippen LogP contribution in [0.1, 0.15) is 57.0 Å². The predicted octanol–water partition coefficient (Wildman–Crippen LogP) is 5.12. The van der Waals surface area contributed by atoms with Gasteiger partial charge in [-0.2, -0.15) is 0 Å². The van der Waals surface area contributed by atoms with Gasteiger partial charge in [-0.25, -0.2) is 4.39 Å². The molecule has 5 rings (SSSR count). The van der Waals surface area contributed by atoms with Crippen LogP contribution in [-0.2, 0) is 22.6 Å². The summed E-state index contributed by atoms with van der Waals surface area (Å²) in [5.41, 5.74) is 1.74. The van der Waals surface area contributed by atoms with E-state index in [1.807, 2.05) is 11.0 Å². The second-order valence-corrected chi connectivity index (χ2v) is 9.94. The summed E-state index contributed by atoms with van der Waals surface area (Å²) in [5, 5.41) is 0. The van der Waals surface area contributed by atoms with E-state index in [4.69, 9.17) is 4.74 Å². The van der Waals surface area contributed by atoms with E-state index in [-0.39, 0.29) is 29.1 Å². The molecule has 0 amide bonds. The number of rotatable bonds is 7. The highest BCUT2D eigenvalue weighted by Crippen LogP contribution is 2.40. The van der Waals surface area contributed by atoms with Crippen LogP contribution in [0.5, 0.6) is 5.75 Å². The SMILES string of the molecule is CC(=O)Oc1ccccc1C(=O)c1cc2c(s1)CCN(C(C(=O)C1CC1)c1ccccc1F)C2. The number of ether oxygens (including phenoxy) is 1. The number of benzene rings is 2. The van der Waals surface area contributed by atoms with Gasteiger partial charge >= 0.3 is 5.97 Å². The van der Waals surface area contributed by atoms with Crippen molar-refractivity contribution < 1.29 is 23.5 Å². The highest BCUT2D eigenvalue weighted by molar-refractivity contribution is 7.14. The molecular formula is C27H24FNO4S. The van der Waals surface area contributed by atoms with E-state index in [1.165, 1.54) is 24.3 Å². The molecular weight excluding hydrogens is 453 g/mol. The molecule has 0 N–H and O–H groups in total. The van der Waals surface area contributed by atoms with Gasteiger partial charge in [0.15, 0.2) is 5.78 Å². The summed E-state index contributed by atoms with van der Waals surface area (Å²) in [7, 11) is 0. The molecule has 2 heterocycles. The number of hydrogen-bond donors (Lipinski definition) is 0. The molecule has 174 valence electrons. The maximum Gasteiger partial charge on any atom is 0.308 e. The van der Waals surface area contributed by atoms with Gasteiger partial charge in [0.2, 0.25) is 5.78 Å². The van der Waals surface area contributed by atoms with Gasteiger partial charge in [0, 0.05) is 36.4 Å². The van der Waals surface area contributed by atoms with Gasteiger partial charge in [-0.05, 0) is 49.1 Å². The van der Waals surface area contributed by atoms with Crippen LogP contribution in [0, 0.1) is 11.7 Å². The Labute approximate surface area is 201 Å². The molecule has 2 aromatic carbocycles. The van der Waals surface area contributed by atoms with Crippen molar-refractivity contribution in [2.45, 2.75) is 38.8 Å². The van der Waals surface area contributed by atoms with Gasteiger partial charge in [0.25, 0.3) is 0 Å². The first kappa shape index (κ1) is 22.6. The Balaban J connectivity index is 1.43. The number of carbonyl (C=O) groups excluding carboxylic acids is 3. The van der Waals surface area contributed by atoms with Crippen LogP contribution in [0.15, 0.2) is 54.6 Å². The molecule has 0 spiro atoms. The number of carbonyl (C=O) groups is 3. The third-order valence-corrected chi connectivity index (χ3v) is 7.56. The molecule has 1 atom stereocenters. The van der Waals surface area contributed by atoms with Crippen molar-refractivity contribution >= 4 is 28.9 Å².